The average molecular weight is 349 g/mol. The third kappa shape index (κ3) is 2.88. The minimum absolute atomic E-state index is 0.00603. The third-order valence-electron chi connectivity index (χ3n) is 3.46. The highest BCUT2D eigenvalue weighted by Crippen LogP contribution is 2.33. The van der Waals surface area contributed by atoms with E-state index in [0.717, 1.165) is 5.56 Å². The van der Waals surface area contributed by atoms with Crippen LogP contribution in [0.5, 0.6) is 5.75 Å². The van der Waals surface area contributed by atoms with Crippen molar-refractivity contribution in [3.05, 3.63) is 53.6 Å². The molecule has 23 heavy (non-hydrogen) atoms. The maximum absolute atomic E-state index is 11.7. The average Bonchev–Trinajstić information content (AvgIpc) is 2.52. The van der Waals surface area contributed by atoms with Crippen LogP contribution in [0.15, 0.2) is 53.4 Å². The Labute approximate surface area is 138 Å². The molecule has 2 aromatic carbocycles. The molecule has 0 bridgehead atoms. The zero-order chi connectivity index (χ0) is 16.6. The van der Waals surface area contributed by atoms with Crippen LogP contribution in [0.3, 0.4) is 0 Å². The summed E-state index contributed by atoms with van der Waals surface area (Å²) in [5.41, 5.74) is 1.78. The first-order valence-electron chi connectivity index (χ1n) is 6.67. The molecule has 118 valence electrons. The summed E-state index contributed by atoms with van der Waals surface area (Å²) in [6.07, 6.45) is 0. The molecule has 1 heterocycles. The van der Waals surface area contributed by atoms with Crippen molar-refractivity contribution in [2.45, 2.75) is 4.90 Å². The van der Waals surface area contributed by atoms with Gasteiger partial charge >= 0.3 is 0 Å². The summed E-state index contributed by atoms with van der Waals surface area (Å²) in [5, 5.41) is 6.23. The first-order valence-corrected chi connectivity index (χ1v) is 8.59. The largest absolute Gasteiger partial charge is 0.494 e. The molecule has 0 aliphatic carbocycles. The Kier molecular flexibility index (Phi) is 3.97. The van der Waals surface area contributed by atoms with E-state index in [9.17, 15) is 8.42 Å². The number of aromatic nitrogens is 1. The van der Waals surface area contributed by atoms with Gasteiger partial charge in [0.25, 0.3) is 0 Å². The summed E-state index contributed by atoms with van der Waals surface area (Å²) in [5.74, 6) is 0.460. The van der Waals surface area contributed by atoms with Gasteiger partial charge in [-0.3, -0.25) is 0 Å². The van der Waals surface area contributed by atoms with Crippen molar-refractivity contribution < 1.29 is 13.2 Å². The van der Waals surface area contributed by atoms with Gasteiger partial charge in [0.15, 0.2) is 0 Å². The minimum atomic E-state index is -3.86. The number of nitrogens with two attached hydrogens (primary N) is 1. The van der Waals surface area contributed by atoms with Crippen LogP contribution in [0.4, 0.5) is 0 Å². The van der Waals surface area contributed by atoms with Crippen LogP contribution in [0.2, 0.25) is 5.02 Å². The van der Waals surface area contributed by atoms with Crippen LogP contribution in [-0.4, -0.2) is 20.5 Å². The first kappa shape index (κ1) is 15.7. The van der Waals surface area contributed by atoms with Gasteiger partial charge in [-0.15, -0.1) is 0 Å². The van der Waals surface area contributed by atoms with E-state index >= 15 is 0 Å². The van der Waals surface area contributed by atoms with Gasteiger partial charge in [-0.25, -0.2) is 18.5 Å². The molecule has 0 unspecified atom stereocenters. The Morgan fingerprint density at radius 1 is 1.09 bits per heavy atom. The molecule has 0 aliphatic heterocycles. The molecule has 0 amide bonds. The lowest BCUT2D eigenvalue weighted by Crippen LogP contribution is -2.13. The zero-order valence-corrected chi connectivity index (χ0v) is 13.7. The van der Waals surface area contributed by atoms with E-state index in [2.05, 4.69) is 4.98 Å². The van der Waals surface area contributed by atoms with Crippen molar-refractivity contribution in [1.82, 2.24) is 4.98 Å². The van der Waals surface area contributed by atoms with Crippen molar-refractivity contribution in [3.63, 3.8) is 0 Å². The van der Waals surface area contributed by atoms with Gasteiger partial charge in [0.05, 0.1) is 17.7 Å². The lowest BCUT2D eigenvalue weighted by atomic mass is 10.1. The van der Waals surface area contributed by atoms with Crippen molar-refractivity contribution in [1.29, 1.82) is 0 Å². The monoisotopic (exact) mass is 348 g/mol. The van der Waals surface area contributed by atoms with E-state index < -0.39 is 10.0 Å². The summed E-state index contributed by atoms with van der Waals surface area (Å²) in [7, 11) is -2.37. The highest BCUT2D eigenvalue weighted by molar-refractivity contribution is 7.89. The molecular weight excluding hydrogens is 336 g/mol. The Morgan fingerprint density at radius 2 is 1.83 bits per heavy atom. The summed E-state index contributed by atoms with van der Waals surface area (Å²) in [6.45, 7) is 0. The summed E-state index contributed by atoms with van der Waals surface area (Å²) < 4.78 is 28.8. The first-order chi connectivity index (χ1) is 10.9. The Morgan fingerprint density at radius 3 is 2.48 bits per heavy atom. The van der Waals surface area contributed by atoms with Gasteiger partial charge in [-0.1, -0.05) is 29.8 Å². The van der Waals surface area contributed by atoms with Crippen LogP contribution >= 0.6 is 11.6 Å². The number of primary sulfonamides is 1. The molecule has 2 N–H and O–H groups in total. The van der Waals surface area contributed by atoms with Crippen molar-refractivity contribution in [3.8, 4) is 17.0 Å². The Balaban J connectivity index is 2.34. The van der Waals surface area contributed by atoms with Gasteiger partial charge in [0.1, 0.15) is 11.3 Å². The van der Waals surface area contributed by atoms with E-state index in [1.807, 2.05) is 18.2 Å². The molecule has 0 atom stereocenters. The molecule has 5 nitrogen and oxygen atoms in total. The number of hydrogen-bond acceptors (Lipinski definition) is 4. The topological polar surface area (TPSA) is 82.3 Å². The number of rotatable bonds is 3. The minimum Gasteiger partial charge on any atom is -0.494 e. The van der Waals surface area contributed by atoms with E-state index in [-0.39, 0.29) is 4.90 Å². The molecule has 0 aliphatic rings. The van der Waals surface area contributed by atoms with Crippen LogP contribution in [0, 0.1) is 0 Å². The summed E-state index contributed by atoms with van der Waals surface area (Å²) in [4.78, 5) is 4.53. The van der Waals surface area contributed by atoms with Crippen LogP contribution in [0.25, 0.3) is 22.2 Å². The molecule has 0 spiro atoms. The number of sulfonamides is 1. The molecule has 0 saturated carbocycles. The lowest BCUT2D eigenvalue weighted by molar-refractivity contribution is 0.418. The summed E-state index contributed by atoms with van der Waals surface area (Å²) >= 11 is 6.20. The Bertz CT molecular complexity index is 1000. The zero-order valence-electron chi connectivity index (χ0n) is 12.2. The fraction of sp³-hybridized carbons (Fsp3) is 0.0625. The van der Waals surface area contributed by atoms with Gasteiger partial charge in [0.2, 0.25) is 10.0 Å². The fourth-order valence-electron chi connectivity index (χ4n) is 2.40. The third-order valence-corrected chi connectivity index (χ3v) is 4.76. The van der Waals surface area contributed by atoms with Gasteiger partial charge < -0.3 is 4.74 Å². The second kappa shape index (κ2) is 5.81. The lowest BCUT2D eigenvalue weighted by Gasteiger charge is -2.11. The van der Waals surface area contributed by atoms with E-state index in [4.69, 9.17) is 21.5 Å². The maximum atomic E-state index is 11.7. The molecule has 3 rings (SSSR count). The van der Waals surface area contributed by atoms with Gasteiger partial charge in [0, 0.05) is 16.0 Å². The van der Waals surface area contributed by atoms with E-state index in [0.29, 0.717) is 27.4 Å². The number of methoxy groups -OCH3 is 1. The number of nitrogens with zero attached hydrogens (tertiary/aromatic N) is 1. The fourth-order valence-corrected chi connectivity index (χ4v) is 3.36. The number of pyridine rings is 1. The molecule has 7 heteroatoms. The van der Waals surface area contributed by atoms with Gasteiger partial charge in [-0.05, 0) is 30.3 Å². The van der Waals surface area contributed by atoms with Crippen molar-refractivity contribution in [2.24, 2.45) is 5.14 Å². The molecule has 0 radical (unpaired) electrons. The highest BCUT2D eigenvalue weighted by Gasteiger charge is 2.17. The number of halogens is 1. The van der Waals surface area contributed by atoms with E-state index in [1.165, 1.54) is 19.2 Å². The maximum Gasteiger partial charge on any atom is 0.238 e. The smallest absolute Gasteiger partial charge is 0.238 e. The number of hydrogen-bond donors (Lipinski definition) is 1. The predicted octanol–water partition coefficient (Wildman–Crippen LogP) is 3.21. The number of fused-ring (bicyclic) bond motifs is 1. The quantitative estimate of drug-likeness (QED) is 0.787. The van der Waals surface area contributed by atoms with Crippen LogP contribution in [-0.2, 0) is 10.0 Å². The normalized spacial score (nSPS) is 11.6. The van der Waals surface area contributed by atoms with Crippen LogP contribution < -0.4 is 9.88 Å². The molecule has 0 saturated heterocycles. The van der Waals surface area contributed by atoms with Crippen molar-refractivity contribution >= 4 is 32.5 Å². The molecule has 0 fully saturated rings. The number of ether oxygens (including phenoxy) is 1. The Hall–Kier alpha value is -2.15. The van der Waals surface area contributed by atoms with E-state index in [1.54, 1.807) is 18.2 Å². The van der Waals surface area contributed by atoms with Gasteiger partial charge in [-0.2, -0.15) is 0 Å². The predicted molar refractivity (Wildman–Crippen MR) is 90.1 cm³/mol. The van der Waals surface area contributed by atoms with Crippen LogP contribution in [0.1, 0.15) is 0 Å². The second-order valence-corrected chi connectivity index (χ2v) is 6.82. The number of benzene rings is 2. The molecular formula is C16H13ClN2O3S. The molecule has 3 aromatic rings. The molecule has 1 aromatic heterocycles. The SMILES string of the molecule is COc1ccc(S(N)(=O)=O)c2ccc(-c3ccccc3Cl)nc12. The standard InChI is InChI=1S/C16H13ClN2O3S/c1-22-14-8-9-15(23(18,20)21)11-6-7-13(19-16(11)14)10-4-2-3-5-12(10)17/h2-9H,1H3,(H2,18,20,21). The summed E-state index contributed by atoms with van der Waals surface area (Å²) in [6, 6.07) is 13.6. The van der Waals surface area contributed by atoms with Crippen molar-refractivity contribution in [2.75, 3.05) is 7.11 Å². The second-order valence-electron chi connectivity index (χ2n) is 4.88. The highest BCUT2D eigenvalue weighted by atomic mass is 35.5.